The molecule has 1 saturated heterocycles. The van der Waals surface area contributed by atoms with Crippen molar-refractivity contribution in [1.82, 2.24) is 9.88 Å². The number of aromatic nitrogens is 1. The van der Waals surface area contributed by atoms with Crippen molar-refractivity contribution >= 4 is 23.2 Å². The number of pyridine rings is 1. The first-order valence-corrected chi connectivity index (χ1v) is 8.94. The third-order valence-electron chi connectivity index (χ3n) is 4.73. The van der Waals surface area contributed by atoms with Crippen molar-refractivity contribution < 1.29 is 18.0 Å². The Bertz CT molecular complexity index is 833. The van der Waals surface area contributed by atoms with E-state index < -0.39 is 17.6 Å². The Morgan fingerprint density at radius 1 is 1.26 bits per heavy atom. The summed E-state index contributed by atoms with van der Waals surface area (Å²) in [6, 6.07) is 6.75. The van der Waals surface area contributed by atoms with Crippen LogP contribution in [0.4, 0.5) is 18.9 Å². The average molecular weight is 398 g/mol. The number of alkyl halides is 3. The van der Waals surface area contributed by atoms with Crippen LogP contribution in [0.1, 0.15) is 40.2 Å². The first-order chi connectivity index (χ1) is 12.7. The molecule has 144 valence electrons. The molecule has 1 aliphatic rings. The second kappa shape index (κ2) is 7.86. The molecule has 0 bridgehead atoms. The van der Waals surface area contributed by atoms with Gasteiger partial charge in [0.25, 0.3) is 5.91 Å². The number of piperidine rings is 1. The largest absolute Gasteiger partial charge is 0.416 e. The molecule has 2 heterocycles. The summed E-state index contributed by atoms with van der Waals surface area (Å²) in [5.41, 5.74) is 0.0260. The van der Waals surface area contributed by atoms with Crippen LogP contribution in [0, 0.1) is 0 Å². The van der Waals surface area contributed by atoms with Gasteiger partial charge in [0.1, 0.15) is 5.15 Å². The van der Waals surface area contributed by atoms with Crippen molar-refractivity contribution in [1.29, 1.82) is 0 Å². The summed E-state index contributed by atoms with van der Waals surface area (Å²) in [5.74, 6) is -0.567. The van der Waals surface area contributed by atoms with Crippen LogP contribution in [-0.2, 0) is 6.18 Å². The number of anilines is 1. The molecule has 0 aliphatic carbocycles. The highest BCUT2D eigenvalue weighted by Crippen LogP contribution is 2.36. The Hall–Kier alpha value is -2.12. The van der Waals surface area contributed by atoms with Crippen molar-refractivity contribution in [2.45, 2.75) is 24.9 Å². The Morgan fingerprint density at radius 3 is 2.59 bits per heavy atom. The average Bonchev–Trinajstić information content (AvgIpc) is 2.61. The second-order valence-corrected chi connectivity index (χ2v) is 7.07. The predicted molar refractivity (Wildman–Crippen MR) is 98.1 cm³/mol. The topological polar surface area (TPSA) is 45.2 Å². The fourth-order valence-corrected chi connectivity index (χ4v) is 3.42. The summed E-state index contributed by atoms with van der Waals surface area (Å²) in [4.78, 5) is 18.4. The molecule has 2 aromatic rings. The van der Waals surface area contributed by atoms with Crippen LogP contribution in [0.5, 0.6) is 0 Å². The van der Waals surface area contributed by atoms with Gasteiger partial charge >= 0.3 is 6.18 Å². The number of hydrogen-bond acceptors (Lipinski definition) is 3. The van der Waals surface area contributed by atoms with Gasteiger partial charge in [-0.2, -0.15) is 13.2 Å². The zero-order chi connectivity index (χ0) is 19.6. The third-order valence-corrected chi connectivity index (χ3v) is 5.04. The van der Waals surface area contributed by atoms with Crippen LogP contribution in [0.2, 0.25) is 5.15 Å². The summed E-state index contributed by atoms with van der Waals surface area (Å²) < 4.78 is 40.0. The maximum atomic E-state index is 13.3. The SMILES string of the molecule is CN1CCC(c2cc(NC(=O)c3cccnc3Cl)cc(C(F)(F)F)c2)CC1. The van der Waals surface area contributed by atoms with Gasteiger partial charge < -0.3 is 10.2 Å². The first-order valence-electron chi connectivity index (χ1n) is 8.56. The second-order valence-electron chi connectivity index (χ2n) is 6.71. The van der Waals surface area contributed by atoms with Crippen LogP contribution < -0.4 is 5.32 Å². The minimum Gasteiger partial charge on any atom is -0.322 e. The van der Waals surface area contributed by atoms with E-state index in [1.165, 1.54) is 24.4 Å². The van der Waals surface area contributed by atoms with Crippen molar-refractivity contribution in [3.63, 3.8) is 0 Å². The lowest BCUT2D eigenvalue weighted by atomic mass is 9.88. The Labute approximate surface area is 160 Å². The highest BCUT2D eigenvalue weighted by molar-refractivity contribution is 6.33. The molecule has 0 unspecified atom stereocenters. The summed E-state index contributed by atoms with van der Waals surface area (Å²) in [6.45, 7) is 1.65. The number of likely N-dealkylation sites (tertiary alicyclic amines) is 1. The molecule has 0 spiro atoms. The number of rotatable bonds is 3. The monoisotopic (exact) mass is 397 g/mol. The van der Waals surface area contributed by atoms with Crippen LogP contribution in [-0.4, -0.2) is 35.9 Å². The Balaban J connectivity index is 1.91. The van der Waals surface area contributed by atoms with E-state index in [-0.39, 0.29) is 22.3 Å². The van der Waals surface area contributed by atoms with Crippen LogP contribution in [0.3, 0.4) is 0 Å². The van der Waals surface area contributed by atoms with Gasteiger partial charge in [0, 0.05) is 11.9 Å². The highest BCUT2D eigenvalue weighted by atomic mass is 35.5. The number of carbonyl (C=O) groups excluding carboxylic acids is 1. The lowest BCUT2D eigenvalue weighted by molar-refractivity contribution is -0.137. The Morgan fingerprint density at radius 2 is 1.96 bits per heavy atom. The molecule has 1 fully saturated rings. The van der Waals surface area contributed by atoms with Crippen molar-refractivity contribution in [3.05, 3.63) is 58.4 Å². The minimum atomic E-state index is -4.49. The summed E-state index contributed by atoms with van der Waals surface area (Å²) >= 11 is 5.90. The van der Waals surface area contributed by atoms with E-state index in [9.17, 15) is 18.0 Å². The number of amides is 1. The van der Waals surface area contributed by atoms with Crippen molar-refractivity contribution in [3.8, 4) is 0 Å². The molecule has 8 heteroatoms. The molecule has 1 aliphatic heterocycles. The standard InChI is InChI=1S/C19H19ClF3N3O/c1-26-7-4-12(5-8-26)13-9-14(19(21,22)23)11-15(10-13)25-18(27)16-3-2-6-24-17(16)20/h2-3,6,9-12H,4-5,7-8H2,1H3,(H,25,27). The molecule has 3 rings (SSSR count). The molecular formula is C19H19ClF3N3O. The van der Waals surface area contributed by atoms with Gasteiger partial charge in [-0.25, -0.2) is 4.98 Å². The van der Waals surface area contributed by atoms with Gasteiger partial charge in [-0.15, -0.1) is 0 Å². The lowest BCUT2D eigenvalue weighted by Crippen LogP contribution is -2.29. The number of nitrogens with zero attached hydrogens (tertiary/aromatic N) is 2. The van der Waals surface area contributed by atoms with Crippen LogP contribution >= 0.6 is 11.6 Å². The summed E-state index contributed by atoms with van der Waals surface area (Å²) in [6.07, 6.45) is -1.51. The fourth-order valence-electron chi connectivity index (χ4n) is 3.22. The number of hydrogen-bond donors (Lipinski definition) is 1. The third kappa shape index (κ3) is 4.78. The summed E-state index contributed by atoms with van der Waals surface area (Å²) in [7, 11) is 1.99. The zero-order valence-corrected chi connectivity index (χ0v) is 15.4. The van der Waals surface area contributed by atoms with Gasteiger partial charge in [0.15, 0.2) is 0 Å². The maximum absolute atomic E-state index is 13.3. The van der Waals surface area contributed by atoms with Gasteiger partial charge in [-0.05, 0) is 74.8 Å². The van der Waals surface area contributed by atoms with E-state index >= 15 is 0 Å². The molecule has 0 radical (unpaired) electrons. The van der Waals surface area contributed by atoms with Gasteiger partial charge in [-0.1, -0.05) is 11.6 Å². The molecule has 0 saturated carbocycles. The van der Waals surface area contributed by atoms with E-state index in [0.717, 1.165) is 32.0 Å². The van der Waals surface area contributed by atoms with Gasteiger partial charge in [0.05, 0.1) is 11.1 Å². The molecule has 1 amide bonds. The predicted octanol–water partition coefficient (Wildman–Crippen LogP) is 4.82. The number of halogens is 4. The number of carbonyl (C=O) groups is 1. The van der Waals surface area contributed by atoms with Crippen molar-refractivity contribution in [2.75, 3.05) is 25.5 Å². The molecular weight excluding hydrogens is 379 g/mol. The van der Waals surface area contributed by atoms with Gasteiger partial charge in [0.2, 0.25) is 0 Å². The van der Waals surface area contributed by atoms with E-state index in [1.807, 2.05) is 7.05 Å². The number of nitrogens with one attached hydrogen (secondary N) is 1. The molecule has 27 heavy (non-hydrogen) atoms. The van der Waals surface area contributed by atoms with Crippen LogP contribution in [0.15, 0.2) is 36.5 Å². The van der Waals surface area contributed by atoms with Crippen LogP contribution in [0.25, 0.3) is 0 Å². The zero-order valence-electron chi connectivity index (χ0n) is 14.7. The van der Waals surface area contributed by atoms with E-state index in [1.54, 1.807) is 6.07 Å². The highest BCUT2D eigenvalue weighted by Gasteiger charge is 2.32. The van der Waals surface area contributed by atoms with Crippen molar-refractivity contribution in [2.24, 2.45) is 0 Å². The lowest BCUT2D eigenvalue weighted by Gasteiger charge is -2.29. The molecule has 1 aromatic carbocycles. The fraction of sp³-hybridized carbons (Fsp3) is 0.368. The number of benzene rings is 1. The normalized spacial score (nSPS) is 16.3. The van der Waals surface area contributed by atoms with Gasteiger partial charge in [-0.3, -0.25) is 4.79 Å². The maximum Gasteiger partial charge on any atom is 0.416 e. The molecule has 1 aromatic heterocycles. The summed E-state index contributed by atoms with van der Waals surface area (Å²) in [5, 5.41) is 2.52. The molecule has 0 atom stereocenters. The molecule has 1 N–H and O–H groups in total. The van der Waals surface area contributed by atoms with E-state index in [0.29, 0.717) is 5.56 Å². The first kappa shape index (κ1) is 19.6. The molecule has 4 nitrogen and oxygen atoms in total. The Kier molecular flexibility index (Phi) is 5.72. The van der Waals surface area contributed by atoms with E-state index in [2.05, 4.69) is 15.2 Å². The van der Waals surface area contributed by atoms with E-state index in [4.69, 9.17) is 11.6 Å². The minimum absolute atomic E-state index is 0.00230. The quantitative estimate of drug-likeness (QED) is 0.755. The smallest absolute Gasteiger partial charge is 0.322 e.